The number of hydrogen-bond acceptors (Lipinski definition) is 6. The van der Waals surface area contributed by atoms with Gasteiger partial charge < -0.3 is 14.8 Å². The van der Waals surface area contributed by atoms with Gasteiger partial charge in [0, 0.05) is 23.6 Å². The summed E-state index contributed by atoms with van der Waals surface area (Å²) in [4.78, 5) is 36.7. The average molecular weight is 404 g/mol. The molecule has 1 aromatic carbocycles. The Bertz CT molecular complexity index is 815. The highest BCUT2D eigenvalue weighted by atomic mass is 32.1. The van der Waals surface area contributed by atoms with Gasteiger partial charge in [-0.15, -0.1) is 11.3 Å². The molecule has 0 saturated carbocycles. The minimum atomic E-state index is -0.463. The molecule has 1 atom stereocenters. The van der Waals surface area contributed by atoms with E-state index in [4.69, 9.17) is 4.74 Å². The second-order valence-corrected chi connectivity index (χ2v) is 7.31. The third kappa shape index (κ3) is 5.92. The molecule has 0 aliphatic heterocycles. The van der Waals surface area contributed by atoms with Crippen LogP contribution >= 0.6 is 11.3 Å². The van der Waals surface area contributed by atoms with E-state index in [1.165, 1.54) is 18.4 Å². The van der Waals surface area contributed by atoms with Gasteiger partial charge in [0.05, 0.1) is 19.3 Å². The zero-order valence-corrected chi connectivity index (χ0v) is 17.1. The first-order valence-corrected chi connectivity index (χ1v) is 10.00. The highest BCUT2D eigenvalue weighted by Gasteiger charge is 2.22. The molecule has 1 N–H and O–H groups in total. The molecule has 150 valence electrons. The third-order valence-corrected chi connectivity index (χ3v) is 5.47. The molecule has 0 bridgehead atoms. The van der Waals surface area contributed by atoms with Crippen molar-refractivity contribution in [2.24, 2.45) is 0 Å². The summed E-state index contributed by atoms with van der Waals surface area (Å²) in [5, 5.41) is 3.27. The maximum Gasteiger partial charge on any atom is 0.341 e. The zero-order chi connectivity index (χ0) is 20.5. The zero-order valence-electron chi connectivity index (χ0n) is 16.3. The van der Waals surface area contributed by atoms with Crippen LogP contribution < -0.4 is 5.32 Å². The minimum Gasteiger partial charge on any atom is -0.469 e. The summed E-state index contributed by atoms with van der Waals surface area (Å²) in [6, 6.07) is 11.7. The van der Waals surface area contributed by atoms with Crippen LogP contribution in [0.1, 0.15) is 59.8 Å². The summed E-state index contributed by atoms with van der Waals surface area (Å²) in [5.74, 6) is -0.996. The molecule has 0 spiro atoms. The summed E-state index contributed by atoms with van der Waals surface area (Å²) in [5.41, 5.74) is 1.47. The van der Waals surface area contributed by atoms with Crippen LogP contribution in [0.3, 0.4) is 0 Å². The summed E-state index contributed by atoms with van der Waals surface area (Å²) < 4.78 is 9.70. The monoisotopic (exact) mass is 403 g/mol. The Balaban J connectivity index is 2.16. The summed E-state index contributed by atoms with van der Waals surface area (Å²) in [6.45, 7) is 4.05. The lowest BCUT2D eigenvalue weighted by Crippen LogP contribution is -2.14. The Hall–Kier alpha value is -2.67. The molecule has 0 aliphatic rings. The number of ether oxygens (including phenoxy) is 2. The molecular weight excluding hydrogens is 378 g/mol. The van der Waals surface area contributed by atoms with Crippen LogP contribution in [-0.2, 0) is 19.1 Å². The van der Waals surface area contributed by atoms with Gasteiger partial charge in [0.1, 0.15) is 5.00 Å². The Morgan fingerprint density at radius 2 is 1.86 bits per heavy atom. The van der Waals surface area contributed by atoms with E-state index in [-0.39, 0.29) is 37.2 Å². The maximum atomic E-state index is 12.3. The van der Waals surface area contributed by atoms with E-state index in [9.17, 15) is 14.4 Å². The number of nitrogens with one attached hydrogen (secondary N) is 1. The largest absolute Gasteiger partial charge is 0.469 e. The third-order valence-electron chi connectivity index (χ3n) is 4.24. The molecule has 0 saturated heterocycles. The second-order valence-electron chi connectivity index (χ2n) is 6.22. The lowest BCUT2D eigenvalue weighted by molar-refractivity contribution is -0.140. The quantitative estimate of drug-likeness (QED) is 0.629. The van der Waals surface area contributed by atoms with Gasteiger partial charge in [0.25, 0.3) is 0 Å². The Morgan fingerprint density at radius 1 is 1.14 bits per heavy atom. The van der Waals surface area contributed by atoms with Crippen molar-refractivity contribution in [3.8, 4) is 0 Å². The fourth-order valence-corrected chi connectivity index (χ4v) is 3.81. The SMILES string of the molecule is CCOC(=O)c1cc([C@@H](C)c2ccccc2)sc1NC(=O)CCCC(=O)OC. The minimum absolute atomic E-state index is 0.0735. The van der Waals surface area contributed by atoms with Gasteiger partial charge in [-0.05, 0) is 25.0 Å². The summed E-state index contributed by atoms with van der Waals surface area (Å²) in [6.07, 6.45) is 0.722. The van der Waals surface area contributed by atoms with Gasteiger partial charge in [0.2, 0.25) is 5.91 Å². The van der Waals surface area contributed by atoms with Crippen molar-refractivity contribution in [3.63, 3.8) is 0 Å². The number of anilines is 1. The van der Waals surface area contributed by atoms with Crippen LogP contribution in [-0.4, -0.2) is 31.6 Å². The first kappa shape index (κ1) is 21.6. The van der Waals surface area contributed by atoms with Crippen molar-refractivity contribution >= 4 is 34.2 Å². The smallest absolute Gasteiger partial charge is 0.341 e. The predicted octanol–water partition coefficient (Wildman–Crippen LogP) is 4.36. The lowest BCUT2D eigenvalue weighted by Gasteiger charge is -2.09. The van der Waals surface area contributed by atoms with Crippen LogP contribution in [0.25, 0.3) is 0 Å². The first-order chi connectivity index (χ1) is 13.5. The van der Waals surface area contributed by atoms with Gasteiger partial charge in [0.15, 0.2) is 0 Å². The molecule has 0 fully saturated rings. The normalized spacial score (nSPS) is 11.5. The van der Waals surface area contributed by atoms with Crippen molar-refractivity contribution in [2.75, 3.05) is 19.0 Å². The van der Waals surface area contributed by atoms with E-state index in [0.717, 1.165) is 10.4 Å². The number of rotatable bonds is 9. The van der Waals surface area contributed by atoms with E-state index in [1.807, 2.05) is 30.3 Å². The van der Waals surface area contributed by atoms with Gasteiger partial charge in [-0.3, -0.25) is 9.59 Å². The molecule has 28 heavy (non-hydrogen) atoms. The van der Waals surface area contributed by atoms with Crippen LogP contribution in [0.5, 0.6) is 0 Å². The topological polar surface area (TPSA) is 81.7 Å². The van der Waals surface area contributed by atoms with E-state index in [0.29, 0.717) is 17.0 Å². The van der Waals surface area contributed by atoms with E-state index in [2.05, 4.69) is 17.0 Å². The van der Waals surface area contributed by atoms with Crippen LogP contribution in [0.4, 0.5) is 5.00 Å². The molecule has 0 aliphatic carbocycles. The Labute approximate surface area is 168 Å². The number of amides is 1. The first-order valence-electron chi connectivity index (χ1n) is 9.18. The fourth-order valence-electron chi connectivity index (χ4n) is 2.67. The van der Waals surface area contributed by atoms with Gasteiger partial charge in [-0.2, -0.15) is 0 Å². The number of esters is 2. The Kier molecular flexibility index (Phi) is 8.19. The Morgan fingerprint density at radius 3 is 2.50 bits per heavy atom. The van der Waals surface area contributed by atoms with Crippen molar-refractivity contribution in [1.82, 2.24) is 0 Å². The fraction of sp³-hybridized carbons (Fsp3) is 0.381. The summed E-state index contributed by atoms with van der Waals surface area (Å²) in [7, 11) is 1.31. The number of thiophene rings is 1. The number of benzene rings is 1. The molecule has 7 heteroatoms. The molecule has 1 aromatic heterocycles. The van der Waals surface area contributed by atoms with Gasteiger partial charge in [-0.1, -0.05) is 37.3 Å². The molecule has 0 unspecified atom stereocenters. The molecule has 2 rings (SSSR count). The molecule has 2 aromatic rings. The summed E-state index contributed by atoms with van der Waals surface area (Å²) >= 11 is 1.36. The number of hydrogen-bond donors (Lipinski definition) is 1. The van der Waals surface area contributed by atoms with Crippen molar-refractivity contribution in [1.29, 1.82) is 0 Å². The van der Waals surface area contributed by atoms with Crippen LogP contribution in [0, 0.1) is 0 Å². The second kappa shape index (κ2) is 10.6. The standard InChI is InChI=1S/C21H25NO5S/c1-4-27-21(25)16-13-17(14(2)15-9-6-5-7-10-15)28-20(16)22-18(23)11-8-12-19(24)26-3/h5-7,9-10,13-14H,4,8,11-12H2,1-3H3,(H,22,23)/t14-/m0/s1. The van der Waals surface area contributed by atoms with Gasteiger partial charge in [-0.25, -0.2) is 4.79 Å². The number of methoxy groups -OCH3 is 1. The average Bonchev–Trinajstić information content (AvgIpc) is 3.11. The molecule has 1 heterocycles. The lowest BCUT2D eigenvalue weighted by atomic mass is 9.99. The maximum absolute atomic E-state index is 12.3. The van der Waals surface area contributed by atoms with Crippen molar-refractivity contribution < 1.29 is 23.9 Å². The molecule has 6 nitrogen and oxygen atoms in total. The highest BCUT2D eigenvalue weighted by molar-refractivity contribution is 7.16. The molecule has 0 radical (unpaired) electrons. The van der Waals surface area contributed by atoms with Crippen molar-refractivity contribution in [3.05, 3.63) is 52.4 Å². The van der Waals surface area contributed by atoms with Gasteiger partial charge >= 0.3 is 11.9 Å². The van der Waals surface area contributed by atoms with Crippen LogP contribution in [0.15, 0.2) is 36.4 Å². The molecule has 1 amide bonds. The van der Waals surface area contributed by atoms with E-state index >= 15 is 0 Å². The van der Waals surface area contributed by atoms with Crippen LogP contribution in [0.2, 0.25) is 0 Å². The number of carbonyl (C=O) groups is 3. The van der Waals surface area contributed by atoms with E-state index < -0.39 is 5.97 Å². The number of carbonyl (C=O) groups excluding carboxylic acids is 3. The van der Waals surface area contributed by atoms with E-state index in [1.54, 1.807) is 13.0 Å². The highest BCUT2D eigenvalue weighted by Crippen LogP contribution is 2.36. The molecular formula is C21H25NO5S. The van der Waals surface area contributed by atoms with Crippen molar-refractivity contribution in [2.45, 2.75) is 39.0 Å². The predicted molar refractivity (Wildman–Crippen MR) is 109 cm³/mol.